The van der Waals surface area contributed by atoms with E-state index in [0.29, 0.717) is 22.6 Å². The van der Waals surface area contributed by atoms with Crippen molar-refractivity contribution >= 4 is 35.3 Å². The summed E-state index contributed by atoms with van der Waals surface area (Å²) in [6, 6.07) is 19.2. The number of hydrogen-bond acceptors (Lipinski definition) is 6. The van der Waals surface area contributed by atoms with Gasteiger partial charge in [-0.3, -0.25) is 19.7 Å². The van der Waals surface area contributed by atoms with E-state index in [9.17, 15) is 19.7 Å². The number of nitro groups is 1. The number of hydrazone groups is 1. The molecule has 0 spiro atoms. The highest BCUT2D eigenvalue weighted by Crippen LogP contribution is 2.28. The lowest BCUT2D eigenvalue weighted by Gasteiger charge is -2.19. The van der Waals surface area contributed by atoms with Gasteiger partial charge in [-0.25, -0.2) is 5.43 Å². The minimum Gasteiger partial charge on any atom is -0.482 e. The first-order chi connectivity index (χ1) is 17.7. The molecule has 3 rings (SSSR count). The first-order valence-electron chi connectivity index (χ1n) is 11.6. The summed E-state index contributed by atoms with van der Waals surface area (Å²) < 4.78 is 5.63. The maximum Gasteiger partial charge on any atom is 0.311 e. The highest BCUT2D eigenvalue weighted by molar-refractivity contribution is 6.30. The lowest BCUT2D eigenvalue weighted by atomic mass is 10.0. The van der Waals surface area contributed by atoms with Crippen LogP contribution >= 0.6 is 11.6 Å². The van der Waals surface area contributed by atoms with Gasteiger partial charge in [-0.15, -0.1) is 0 Å². The maximum absolute atomic E-state index is 12.8. The fraction of sp³-hybridized carbons (Fsp3) is 0.222. The Labute approximate surface area is 219 Å². The average molecular weight is 523 g/mol. The van der Waals surface area contributed by atoms with Gasteiger partial charge in [0.1, 0.15) is 12.6 Å². The molecule has 0 aliphatic heterocycles. The van der Waals surface area contributed by atoms with Crippen molar-refractivity contribution in [3.05, 3.63) is 105 Å². The Morgan fingerprint density at radius 1 is 1.08 bits per heavy atom. The SMILES string of the molecule is CC(C)CC(NC(=O)c1ccc(Cl)cc1)C(=O)NN=Cc1ccc(OCc2ccccc2)c([N+](=O)[O-])c1. The number of halogens is 1. The minimum atomic E-state index is -0.830. The zero-order chi connectivity index (χ0) is 26.8. The van der Waals surface area contributed by atoms with Crippen molar-refractivity contribution in [1.82, 2.24) is 10.7 Å². The normalized spacial score (nSPS) is 11.8. The third-order valence-electron chi connectivity index (χ3n) is 5.24. The number of amides is 2. The quantitative estimate of drug-likeness (QED) is 0.205. The van der Waals surface area contributed by atoms with E-state index in [4.69, 9.17) is 16.3 Å². The molecular weight excluding hydrogens is 496 g/mol. The van der Waals surface area contributed by atoms with Gasteiger partial charge in [0.05, 0.1) is 11.1 Å². The molecule has 3 aromatic carbocycles. The second kappa shape index (κ2) is 13.2. The Bertz CT molecular complexity index is 1260. The van der Waals surface area contributed by atoms with Crippen LogP contribution in [0.4, 0.5) is 5.69 Å². The van der Waals surface area contributed by atoms with Crippen LogP contribution in [0.2, 0.25) is 5.02 Å². The molecule has 1 atom stereocenters. The van der Waals surface area contributed by atoms with Crippen LogP contribution in [0.5, 0.6) is 5.75 Å². The molecule has 10 heteroatoms. The number of hydrogen-bond donors (Lipinski definition) is 2. The summed E-state index contributed by atoms with van der Waals surface area (Å²) >= 11 is 5.87. The number of nitrogens with one attached hydrogen (secondary N) is 2. The number of nitro benzene ring substituents is 1. The molecule has 0 aliphatic rings. The fourth-order valence-corrected chi connectivity index (χ4v) is 3.53. The van der Waals surface area contributed by atoms with E-state index in [-0.39, 0.29) is 24.0 Å². The van der Waals surface area contributed by atoms with Crippen LogP contribution in [0.15, 0.2) is 77.9 Å². The topological polar surface area (TPSA) is 123 Å². The maximum atomic E-state index is 12.8. The fourth-order valence-electron chi connectivity index (χ4n) is 3.41. The zero-order valence-corrected chi connectivity index (χ0v) is 21.1. The third-order valence-corrected chi connectivity index (χ3v) is 5.49. The molecule has 0 saturated carbocycles. The molecule has 2 amide bonds. The Hall–Kier alpha value is -4.24. The van der Waals surface area contributed by atoms with Gasteiger partial charge < -0.3 is 10.1 Å². The van der Waals surface area contributed by atoms with Crippen LogP contribution in [0.3, 0.4) is 0 Å². The highest BCUT2D eigenvalue weighted by Gasteiger charge is 2.22. The second-order valence-corrected chi connectivity index (χ2v) is 9.09. The molecular formula is C27H27ClN4O5. The zero-order valence-electron chi connectivity index (χ0n) is 20.4. The molecule has 192 valence electrons. The molecule has 9 nitrogen and oxygen atoms in total. The lowest BCUT2D eigenvalue weighted by molar-refractivity contribution is -0.385. The number of carbonyl (C=O) groups is 2. The van der Waals surface area contributed by atoms with E-state index in [2.05, 4.69) is 15.8 Å². The number of benzene rings is 3. The van der Waals surface area contributed by atoms with Gasteiger partial charge in [-0.1, -0.05) is 55.8 Å². The van der Waals surface area contributed by atoms with Crippen molar-refractivity contribution in [3.63, 3.8) is 0 Å². The molecule has 0 radical (unpaired) electrons. The largest absolute Gasteiger partial charge is 0.482 e. The van der Waals surface area contributed by atoms with E-state index in [1.807, 2.05) is 44.2 Å². The van der Waals surface area contributed by atoms with Crippen molar-refractivity contribution < 1.29 is 19.2 Å². The van der Waals surface area contributed by atoms with Gasteiger partial charge in [-0.2, -0.15) is 5.10 Å². The standard InChI is InChI=1S/C27H27ClN4O5/c1-18(2)14-23(30-26(33)21-9-11-22(28)12-10-21)27(34)31-29-16-20-8-13-25(24(15-20)32(35)36)37-17-19-6-4-3-5-7-19/h3-13,15-16,18,23H,14,17H2,1-2H3,(H,30,33)(H,31,34). The molecule has 0 aliphatic carbocycles. The Morgan fingerprint density at radius 2 is 1.78 bits per heavy atom. The van der Waals surface area contributed by atoms with E-state index in [1.54, 1.807) is 30.3 Å². The summed E-state index contributed by atoms with van der Waals surface area (Å²) in [6.07, 6.45) is 1.68. The lowest BCUT2D eigenvalue weighted by Crippen LogP contribution is -2.46. The predicted molar refractivity (Wildman–Crippen MR) is 142 cm³/mol. The smallest absolute Gasteiger partial charge is 0.311 e. The summed E-state index contributed by atoms with van der Waals surface area (Å²) in [4.78, 5) is 36.3. The number of ether oxygens (including phenoxy) is 1. The van der Waals surface area contributed by atoms with E-state index >= 15 is 0 Å². The highest BCUT2D eigenvalue weighted by atomic mass is 35.5. The Kier molecular flexibility index (Phi) is 9.74. The number of carbonyl (C=O) groups excluding carboxylic acids is 2. The van der Waals surface area contributed by atoms with E-state index in [1.165, 1.54) is 18.3 Å². The van der Waals surface area contributed by atoms with Crippen LogP contribution in [-0.4, -0.2) is 29.0 Å². The molecule has 1 unspecified atom stereocenters. The van der Waals surface area contributed by atoms with Crippen LogP contribution in [0.25, 0.3) is 0 Å². The van der Waals surface area contributed by atoms with Crippen molar-refractivity contribution in [3.8, 4) is 5.75 Å². The Balaban J connectivity index is 1.65. The van der Waals surface area contributed by atoms with Gasteiger partial charge >= 0.3 is 5.69 Å². The van der Waals surface area contributed by atoms with Crippen molar-refractivity contribution in [2.24, 2.45) is 11.0 Å². The summed E-state index contributed by atoms with van der Waals surface area (Å²) in [6.45, 7) is 4.04. The monoisotopic (exact) mass is 522 g/mol. The predicted octanol–water partition coefficient (Wildman–Crippen LogP) is 5.12. The summed E-state index contributed by atoms with van der Waals surface area (Å²) in [5.74, 6) is -0.680. The molecule has 0 heterocycles. The molecule has 0 aromatic heterocycles. The average Bonchev–Trinajstić information content (AvgIpc) is 2.88. The summed E-state index contributed by atoms with van der Waals surface area (Å²) in [5, 5.41) is 18.7. The van der Waals surface area contributed by atoms with Crippen LogP contribution in [-0.2, 0) is 11.4 Å². The summed E-state index contributed by atoms with van der Waals surface area (Å²) in [7, 11) is 0. The number of rotatable bonds is 11. The van der Waals surface area contributed by atoms with E-state index in [0.717, 1.165) is 5.56 Å². The minimum absolute atomic E-state index is 0.122. The van der Waals surface area contributed by atoms with Gasteiger partial charge in [0.25, 0.3) is 11.8 Å². The molecule has 2 N–H and O–H groups in total. The first-order valence-corrected chi connectivity index (χ1v) is 11.9. The molecule has 0 bridgehead atoms. The molecule has 0 saturated heterocycles. The molecule has 37 heavy (non-hydrogen) atoms. The third kappa shape index (κ3) is 8.43. The van der Waals surface area contributed by atoms with Gasteiger partial charge in [0.2, 0.25) is 0 Å². The van der Waals surface area contributed by atoms with Crippen LogP contribution in [0, 0.1) is 16.0 Å². The second-order valence-electron chi connectivity index (χ2n) is 8.66. The van der Waals surface area contributed by atoms with Crippen molar-refractivity contribution in [1.29, 1.82) is 0 Å². The van der Waals surface area contributed by atoms with Gasteiger partial charge in [-0.05, 0) is 54.3 Å². The van der Waals surface area contributed by atoms with Crippen molar-refractivity contribution in [2.45, 2.75) is 32.9 Å². The van der Waals surface area contributed by atoms with Crippen LogP contribution in [0.1, 0.15) is 41.8 Å². The molecule has 0 fully saturated rings. The van der Waals surface area contributed by atoms with Crippen molar-refractivity contribution in [2.75, 3.05) is 0 Å². The molecule has 3 aromatic rings. The van der Waals surface area contributed by atoms with E-state index < -0.39 is 22.8 Å². The van der Waals surface area contributed by atoms with Crippen LogP contribution < -0.4 is 15.5 Å². The first kappa shape index (κ1) is 27.3. The number of nitrogens with zero attached hydrogens (tertiary/aromatic N) is 2. The summed E-state index contributed by atoms with van der Waals surface area (Å²) in [5.41, 5.74) is 3.83. The van der Waals surface area contributed by atoms with Gasteiger partial charge in [0, 0.05) is 22.2 Å². The van der Waals surface area contributed by atoms with Gasteiger partial charge in [0.15, 0.2) is 5.75 Å². The Morgan fingerprint density at radius 3 is 2.43 bits per heavy atom.